The summed E-state index contributed by atoms with van der Waals surface area (Å²) in [5.74, 6) is 1.39. The van der Waals surface area contributed by atoms with E-state index in [0.717, 1.165) is 5.56 Å². The Morgan fingerprint density at radius 3 is 2.31 bits per heavy atom. The van der Waals surface area contributed by atoms with E-state index in [1.165, 1.54) is 11.9 Å². The average molecular weight is 214 g/mol. The number of anilines is 1. The molecule has 0 aliphatic heterocycles. The van der Waals surface area contributed by atoms with Crippen molar-refractivity contribution in [3.63, 3.8) is 0 Å². The molecule has 82 valence electrons. The Hall–Kier alpha value is -1.97. The number of nitrogens with two attached hydrogens (primary N) is 1. The predicted octanol–water partition coefficient (Wildman–Crippen LogP) is 2.24. The molecule has 0 fully saturated rings. The molecule has 0 saturated heterocycles. The van der Waals surface area contributed by atoms with Gasteiger partial charge in [0.25, 0.3) is 0 Å². The van der Waals surface area contributed by atoms with Gasteiger partial charge in [-0.25, -0.2) is 9.97 Å². The Kier molecular flexibility index (Phi) is 2.81. The van der Waals surface area contributed by atoms with Gasteiger partial charge in [-0.1, -0.05) is 38.1 Å². The van der Waals surface area contributed by atoms with E-state index < -0.39 is 0 Å². The summed E-state index contributed by atoms with van der Waals surface area (Å²) < 4.78 is 0. The van der Waals surface area contributed by atoms with Crippen molar-refractivity contribution in [2.24, 2.45) is 0 Å². The fourth-order valence-corrected chi connectivity index (χ4v) is 1.47. The van der Waals surface area contributed by atoms with Gasteiger partial charge in [0, 0.05) is 5.56 Å². The molecule has 2 aromatic rings. The van der Waals surface area contributed by atoms with Crippen LogP contribution in [-0.4, -0.2) is 15.0 Å². The third-order valence-corrected chi connectivity index (χ3v) is 2.43. The lowest BCUT2D eigenvalue weighted by atomic mass is 10.0. The minimum absolute atomic E-state index is 0.248. The number of rotatable bonds is 2. The third kappa shape index (κ3) is 2.16. The van der Waals surface area contributed by atoms with Crippen molar-refractivity contribution < 1.29 is 0 Å². The minimum Gasteiger partial charge on any atom is -0.368 e. The predicted molar refractivity (Wildman–Crippen MR) is 63.8 cm³/mol. The maximum absolute atomic E-state index is 5.51. The summed E-state index contributed by atoms with van der Waals surface area (Å²) >= 11 is 0. The molecule has 4 nitrogen and oxygen atoms in total. The van der Waals surface area contributed by atoms with Crippen LogP contribution in [0.3, 0.4) is 0 Å². The highest BCUT2D eigenvalue weighted by Crippen LogP contribution is 2.19. The summed E-state index contributed by atoms with van der Waals surface area (Å²) in [6, 6.07) is 8.17. The summed E-state index contributed by atoms with van der Waals surface area (Å²) in [5, 5.41) is 0. The molecule has 0 radical (unpaired) electrons. The number of aromatic nitrogens is 3. The highest BCUT2D eigenvalue weighted by atomic mass is 15.1. The minimum atomic E-state index is 0.248. The van der Waals surface area contributed by atoms with Crippen molar-refractivity contribution in [3.8, 4) is 11.4 Å². The fourth-order valence-electron chi connectivity index (χ4n) is 1.47. The molecule has 1 heterocycles. The van der Waals surface area contributed by atoms with Crippen LogP contribution < -0.4 is 5.73 Å². The first-order chi connectivity index (χ1) is 7.66. The second-order valence-corrected chi connectivity index (χ2v) is 3.94. The van der Waals surface area contributed by atoms with Gasteiger partial charge in [-0.2, -0.15) is 4.98 Å². The lowest BCUT2D eigenvalue weighted by Gasteiger charge is -2.06. The Morgan fingerprint density at radius 2 is 1.75 bits per heavy atom. The molecule has 1 aromatic heterocycles. The highest BCUT2D eigenvalue weighted by molar-refractivity contribution is 5.56. The van der Waals surface area contributed by atoms with E-state index in [-0.39, 0.29) is 5.95 Å². The first-order valence-corrected chi connectivity index (χ1v) is 5.21. The van der Waals surface area contributed by atoms with E-state index in [9.17, 15) is 0 Å². The van der Waals surface area contributed by atoms with Crippen LogP contribution >= 0.6 is 0 Å². The lowest BCUT2D eigenvalue weighted by molar-refractivity contribution is 0.867. The van der Waals surface area contributed by atoms with Crippen molar-refractivity contribution in [2.45, 2.75) is 19.8 Å². The van der Waals surface area contributed by atoms with Crippen molar-refractivity contribution in [1.29, 1.82) is 0 Å². The van der Waals surface area contributed by atoms with Gasteiger partial charge in [0.2, 0.25) is 5.95 Å². The molecule has 1 aromatic carbocycles. The fraction of sp³-hybridized carbons (Fsp3) is 0.250. The lowest BCUT2D eigenvalue weighted by Crippen LogP contribution is -1.98. The molecule has 0 saturated carbocycles. The van der Waals surface area contributed by atoms with E-state index in [1.54, 1.807) is 0 Å². The van der Waals surface area contributed by atoms with Crippen molar-refractivity contribution >= 4 is 5.95 Å². The van der Waals surface area contributed by atoms with Crippen LogP contribution in [0.1, 0.15) is 25.3 Å². The summed E-state index contributed by atoms with van der Waals surface area (Å²) in [4.78, 5) is 11.9. The molecular formula is C12H14N4. The Morgan fingerprint density at radius 1 is 1.06 bits per heavy atom. The van der Waals surface area contributed by atoms with Crippen molar-refractivity contribution in [1.82, 2.24) is 15.0 Å². The molecule has 0 aliphatic rings. The van der Waals surface area contributed by atoms with E-state index in [1.807, 2.05) is 12.1 Å². The molecule has 4 heteroatoms. The largest absolute Gasteiger partial charge is 0.368 e. The van der Waals surface area contributed by atoms with Crippen LogP contribution in [0.4, 0.5) is 5.95 Å². The Bertz CT molecular complexity index is 477. The van der Waals surface area contributed by atoms with Crippen LogP contribution in [0.5, 0.6) is 0 Å². The second-order valence-electron chi connectivity index (χ2n) is 3.94. The van der Waals surface area contributed by atoms with E-state index in [0.29, 0.717) is 11.7 Å². The van der Waals surface area contributed by atoms with Crippen LogP contribution in [0, 0.1) is 0 Å². The van der Waals surface area contributed by atoms with E-state index >= 15 is 0 Å². The van der Waals surface area contributed by atoms with Gasteiger partial charge in [0.1, 0.15) is 6.33 Å². The van der Waals surface area contributed by atoms with Crippen LogP contribution in [0.2, 0.25) is 0 Å². The Balaban J connectivity index is 2.35. The molecular weight excluding hydrogens is 200 g/mol. The first-order valence-electron chi connectivity index (χ1n) is 5.21. The SMILES string of the molecule is CC(C)c1ccc(-c2ncnc(N)n2)cc1. The third-order valence-electron chi connectivity index (χ3n) is 2.43. The number of hydrogen-bond acceptors (Lipinski definition) is 4. The molecule has 2 rings (SSSR count). The molecule has 16 heavy (non-hydrogen) atoms. The molecule has 0 bridgehead atoms. The zero-order valence-corrected chi connectivity index (χ0v) is 9.38. The van der Waals surface area contributed by atoms with Crippen molar-refractivity contribution in [3.05, 3.63) is 36.2 Å². The van der Waals surface area contributed by atoms with Gasteiger partial charge in [0.15, 0.2) is 5.82 Å². The molecule has 0 spiro atoms. The number of benzene rings is 1. The van der Waals surface area contributed by atoms with E-state index in [4.69, 9.17) is 5.73 Å². The van der Waals surface area contributed by atoms with Gasteiger partial charge in [0.05, 0.1) is 0 Å². The van der Waals surface area contributed by atoms with Gasteiger partial charge >= 0.3 is 0 Å². The molecule has 2 N–H and O–H groups in total. The number of nitrogen functional groups attached to an aromatic ring is 1. The standard InChI is InChI=1S/C12H14N4/c1-8(2)9-3-5-10(6-4-9)11-14-7-15-12(13)16-11/h3-8H,1-2H3,(H2,13,14,15,16). The summed E-state index contributed by atoms with van der Waals surface area (Å²) in [7, 11) is 0. The molecule has 0 atom stereocenters. The quantitative estimate of drug-likeness (QED) is 0.832. The number of nitrogens with zero attached hydrogens (tertiary/aromatic N) is 3. The van der Waals surface area contributed by atoms with Crippen molar-refractivity contribution in [2.75, 3.05) is 5.73 Å². The topological polar surface area (TPSA) is 64.7 Å². The molecule has 0 aliphatic carbocycles. The zero-order valence-electron chi connectivity index (χ0n) is 9.38. The first kappa shape index (κ1) is 10.5. The van der Waals surface area contributed by atoms with Crippen LogP contribution in [-0.2, 0) is 0 Å². The molecule has 0 unspecified atom stereocenters. The normalized spacial score (nSPS) is 10.7. The van der Waals surface area contributed by atoms with Crippen LogP contribution in [0.25, 0.3) is 11.4 Å². The van der Waals surface area contributed by atoms with E-state index in [2.05, 4.69) is 40.9 Å². The molecule has 0 amide bonds. The summed E-state index contributed by atoms with van der Waals surface area (Å²) in [6.07, 6.45) is 1.42. The maximum atomic E-state index is 5.51. The van der Waals surface area contributed by atoms with Gasteiger partial charge in [-0.15, -0.1) is 0 Å². The van der Waals surface area contributed by atoms with Gasteiger partial charge < -0.3 is 5.73 Å². The zero-order chi connectivity index (χ0) is 11.5. The monoisotopic (exact) mass is 214 g/mol. The van der Waals surface area contributed by atoms with Crippen LogP contribution in [0.15, 0.2) is 30.6 Å². The smallest absolute Gasteiger partial charge is 0.223 e. The average Bonchev–Trinajstić information content (AvgIpc) is 2.29. The highest BCUT2D eigenvalue weighted by Gasteiger charge is 2.03. The second kappa shape index (κ2) is 4.26. The van der Waals surface area contributed by atoms with Gasteiger partial charge in [-0.05, 0) is 11.5 Å². The number of hydrogen-bond donors (Lipinski definition) is 1. The maximum Gasteiger partial charge on any atom is 0.223 e. The Labute approximate surface area is 94.6 Å². The summed E-state index contributed by atoms with van der Waals surface area (Å²) in [6.45, 7) is 4.33. The van der Waals surface area contributed by atoms with Gasteiger partial charge in [-0.3, -0.25) is 0 Å². The summed E-state index contributed by atoms with van der Waals surface area (Å²) in [5.41, 5.74) is 7.77.